The molecule has 0 atom stereocenters. The number of amides is 1. The molecule has 0 radical (unpaired) electrons. The molecule has 1 heterocycles. The highest BCUT2D eigenvalue weighted by Crippen LogP contribution is 2.42. The number of halogens is 8. The number of nitrogens with one attached hydrogen (secondary N) is 1. The summed E-state index contributed by atoms with van der Waals surface area (Å²) in [6.45, 7) is 0. The van der Waals surface area contributed by atoms with Crippen LogP contribution in [0.5, 0.6) is 0 Å². The van der Waals surface area contributed by atoms with E-state index in [1.165, 1.54) is 0 Å². The SMILES string of the molecule is CS(=O)(=O)c1cc(C(F)(F)F)cnc1C(=O)NC1CCC(F)(S(=O)(=O)c2cc(F)cc(C(F)(F)F)c2)CC1. The lowest BCUT2D eigenvalue weighted by Crippen LogP contribution is -2.45. The minimum Gasteiger partial charge on any atom is -0.348 e. The van der Waals surface area contributed by atoms with Crippen LogP contribution in [0, 0.1) is 5.82 Å². The summed E-state index contributed by atoms with van der Waals surface area (Å²) in [4.78, 5) is 13.7. The third-order valence-corrected chi connectivity index (χ3v) is 9.19. The maximum Gasteiger partial charge on any atom is 0.417 e. The van der Waals surface area contributed by atoms with Gasteiger partial charge in [0.05, 0.1) is 20.9 Å². The quantitative estimate of drug-likeness (QED) is 0.512. The molecule has 0 saturated heterocycles. The Balaban J connectivity index is 1.81. The number of aromatic nitrogens is 1. The third kappa shape index (κ3) is 6.08. The molecule has 1 saturated carbocycles. The van der Waals surface area contributed by atoms with Gasteiger partial charge >= 0.3 is 12.4 Å². The van der Waals surface area contributed by atoms with Gasteiger partial charge < -0.3 is 5.32 Å². The van der Waals surface area contributed by atoms with Crippen LogP contribution in [0.3, 0.4) is 0 Å². The van der Waals surface area contributed by atoms with E-state index in [0.29, 0.717) is 6.26 Å². The van der Waals surface area contributed by atoms with Crippen molar-refractivity contribution in [3.8, 4) is 0 Å². The van der Waals surface area contributed by atoms with Crippen molar-refractivity contribution < 1.29 is 56.8 Å². The smallest absolute Gasteiger partial charge is 0.348 e. The van der Waals surface area contributed by atoms with Crippen LogP contribution in [-0.4, -0.2) is 45.0 Å². The van der Waals surface area contributed by atoms with E-state index < -0.39 is 107 Å². The molecule has 1 aromatic carbocycles. The largest absolute Gasteiger partial charge is 0.417 e. The van der Waals surface area contributed by atoms with Gasteiger partial charge in [0.15, 0.2) is 9.84 Å². The Bertz CT molecular complexity index is 1460. The molecular formula is C21H18F8N2O5S2. The van der Waals surface area contributed by atoms with Gasteiger partial charge in [0.1, 0.15) is 11.5 Å². The highest BCUT2D eigenvalue weighted by molar-refractivity contribution is 7.92. The van der Waals surface area contributed by atoms with Crippen LogP contribution in [0.1, 0.15) is 47.3 Å². The lowest BCUT2D eigenvalue weighted by molar-refractivity contribution is -0.138. The topological polar surface area (TPSA) is 110 Å². The second kappa shape index (κ2) is 9.73. The number of carbonyl (C=O) groups is 1. The Morgan fingerprint density at radius 1 is 0.947 bits per heavy atom. The van der Waals surface area contributed by atoms with Crippen LogP contribution in [0.15, 0.2) is 40.3 Å². The van der Waals surface area contributed by atoms with Crippen LogP contribution < -0.4 is 5.32 Å². The van der Waals surface area contributed by atoms with Gasteiger partial charge in [-0.25, -0.2) is 30.6 Å². The monoisotopic (exact) mass is 594 g/mol. The zero-order chi connectivity index (χ0) is 28.9. The zero-order valence-electron chi connectivity index (χ0n) is 19.1. The second-order valence-electron chi connectivity index (χ2n) is 8.65. The molecule has 0 bridgehead atoms. The molecule has 0 spiro atoms. The fourth-order valence-corrected chi connectivity index (χ4v) is 6.44. The summed E-state index contributed by atoms with van der Waals surface area (Å²) in [7, 11) is -9.49. The fourth-order valence-electron chi connectivity index (χ4n) is 3.86. The predicted octanol–water partition coefficient (Wildman–Crippen LogP) is 4.47. The first kappa shape index (κ1) is 29.7. The lowest BCUT2D eigenvalue weighted by atomic mass is 9.93. The first-order valence-corrected chi connectivity index (χ1v) is 13.9. The summed E-state index contributed by atoms with van der Waals surface area (Å²) in [5.41, 5.74) is -3.93. The molecule has 1 aliphatic rings. The van der Waals surface area contributed by atoms with Crippen molar-refractivity contribution in [2.45, 2.75) is 58.9 Å². The molecule has 38 heavy (non-hydrogen) atoms. The van der Waals surface area contributed by atoms with Crippen LogP contribution in [0.25, 0.3) is 0 Å². The van der Waals surface area contributed by atoms with Crippen molar-refractivity contribution in [1.29, 1.82) is 0 Å². The molecule has 210 valence electrons. The molecule has 1 aromatic heterocycles. The summed E-state index contributed by atoms with van der Waals surface area (Å²) < 4.78 is 157. The maximum atomic E-state index is 15.5. The van der Waals surface area contributed by atoms with Crippen molar-refractivity contribution >= 4 is 25.6 Å². The number of hydrogen-bond acceptors (Lipinski definition) is 6. The number of rotatable bonds is 5. The van der Waals surface area contributed by atoms with Gasteiger partial charge in [0.25, 0.3) is 5.91 Å². The molecule has 0 aliphatic heterocycles. The molecule has 1 aliphatic carbocycles. The Morgan fingerprint density at radius 2 is 1.50 bits per heavy atom. The van der Waals surface area contributed by atoms with E-state index in [1.54, 1.807) is 0 Å². The molecule has 2 aromatic rings. The maximum absolute atomic E-state index is 15.5. The van der Waals surface area contributed by atoms with Crippen molar-refractivity contribution in [3.63, 3.8) is 0 Å². The molecule has 1 fully saturated rings. The van der Waals surface area contributed by atoms with E-state index in [1.807, 2.05) is 0 Å². The Morgan fingerprint density at radius 3 is 2.00 bits per heavy atom. The van der Waals surface area contributed by atoms with E-state index in [0.717, 1.165) is 0 Å². The van der Waals surface area contributed by atoms with Crippen molar-refractivity contribution in [1.82, 2.24) is 10.3 Å². The summed E-state index contributed by atoms with van der Waals surface area (Å²) >= 11 is 0. The molecule has 17 heteroatoms. The van der Waals surface area contributed by atoms with Gasteiger partial charge in [-0.15, -0.1) is 0 Å². The third-order valence-electron chi connectivity index (χ3n) is 5.85. The minimum absolute atomic E-state index is 0.0520. The van der Waals surface area contributed by atoms with E-state index in [9.17, 15) is 52.4 Å². The molecule has 7 nitrogen and oxygen atoms in total. The summed E-state index contributed by atoms with van der Waals surface area (Å²) in [6.07, 6.45) is -11.7. The van der Waals surface area contributed by atoms with Gasteiger partial charge in [0.2, 0.25) is 14.8 Å². The number of nitrogens with zero attached hydrogens (tertiary/aromatic N) is 1. The Kier molecular flexibility index (Phi) is 7.61. The van der Waals surface area contributed by atoms with E-state index in [-0.39, 0.29) is 30.5 Å². The fraction of sp³-hybridized carbons (Fsp3) is 0.429. The van der Waals surface area contributed by atoms with E-state index in [2.05, 4.69) is 10.3 Å². The molecule has 1 amide bonds. The first-order valence-electron chi connectivity index (χ1n) is 10.5. The molecule has 1 N–H and O–H groups in total. The number of carbonyl (C=O) groups excluding carboxylic acids is 1. The Hall–Kier alpha value is -2.82. The number of hydrogen-bond donors (Lipinski definition) is 1. The predicted molar refractivity (Wildman–Crippen MR) is 114 cm³/mol. The summed E-state index contributed by atoms with van der Waals surface area (Å²) in [5, 5.41) is -0.860. The lowest BCUT2D eigenvalue weighted by Gasteiger charge is -2.34. The van der Waals surface area contributed by atoms with Crippen LogP contribution in [-0.2, 0) is 32.0 Å². The normalized spacial score (nSPS) is 21.2. The number of sulfone groups is 2. The van der Waals surface area contributed by atoms with Crippen molar-refractivity contribution in [3.05, 3.63) is 53.1 Å². The van der Waals surface area contributed by atoms with Gasteiger partial charge in [0, 0.05) is 18.5 Å². The van der Waals surface area contributed by atoms with E-state index in [4.69, 9.17) is 0 Å². The van der Waals surface area contributed by atoms with Crippen LogP contribution in [0.4, 0.5) is 35.1 Å². The molecule has 0 unspecified atom stereocenters. The number of benzene rings is 1. The number of alkyl halides is 7. The first-order chi connectivity index (χ1) is 17.1. The molecular weight excluding hydrogens is 576 g/mol. The Labute approximate surface area is 211 Å². The highest BCUT2D eigenvalue weighted by atomic mass is 32.2. The average molecular weight is 595 g/mol. The van der Waals surface area contributed by atoms with Gasteiger partial charge in [-0.3, -0.25) is 4.79 Å². The van der Waals surface area contributed by atoms with Crippen molar-refractivity contribution in [2.75, 3.05) is 6.26 Å². The summed E-state index contributed by atoms with van der Waals surface area (Å²) in [5.74, 6) is -2.77. The standard InChI is InChI=1S/C21H18F8N2O5S2/c1-37(33,34)16-8-12(21(27,28)29)10-30-17(16)18(32)31-14-2-4-19(23,5-3-14)38(35,36)15-7-11(20(24,25)26)6-13(22)9-15/h6-10,14H,2-5H2,1H3,(H,31,32). The summed E-state index contributed by atoms with van der Waals surface area (Å²) in [6, 6.07) is -0.349. The van der Waals surface area contributed by atoms with E-state index >= 15 is 4.39 Å². The number of pyridine rings is 1. The average Bonchev–Trinajstić information content (AvgIpc) is 2.78. The zero-order valence-corrected chi connectivity index (χ0v) is 20.8. The van der Waals surface area contributed by atoms with Gasteiger partial charge in [-0.2, -0.15) is 26.3 Å². The van der Waals surface area contributed by atoms with Gasteiger partial charge in [-0.05, 0) is 49.9 Å². The minimum atomic E-state index is -5.13. The molecule has 3 rings (SSSR count). The van der Waals surface area contributed by atoms with Gasteiger partial charge in [-0.1, -0.05) is 0 Å². The highest BCUT2D eigenvalue weighted by Gasteiger charge is 2.49. The second-order valence-corrected chi connectivity index (χ2v) is 12.8. The van der Waals surface area contributed by atoms with Crippen LogP contribution in [0.2, 0.25) is 0 Å². The van der Waals surface area contributed by atoms with Crippen molar-refractivity contribution in [2.24, 2.45) is 0 Å². The van der Waals surface area contributed by atoms with Crippen LogP contribution >= 0.6 is 0 Å².